The van der Waals surface area contributed by atoms with Gasteiger partial charge < -0.3 is 9.69 Å². The Labute approximate surface area is 123 Å². The first-order chi connectivity index (χ1) is 9.70. The van der Waals surface area contributed by atoms with Crippen LogP contribution in [0.5, 0.6) is 0 Å². The number of benzene rings is 2. The summed E-state index contributed by atoms with van der Waals surface area (Å²) in [7, 11) is 0. The average molecular weight is 282 g/mol. The molecule has 3 nitrogen and oxygen atoms in total. The molecule has 20 heavy (non-hydrogen) atoms. The molecule has 0 saturated carbocycles. The highest BCUT2D eigenvalue weighted by atomic mass is 32.1. The van der Waals surface area contributed by atoms with Crippen LogP contribution in [0, 0.1) is 0 Å². The summed E-state index contributed by atoms with van der Waals surface area (Å²) in [4.78, 5) is 19.0. The first-order valence-corrected chi connectivity index (χ1v) is 6.83. The van der Waals surface area contributed by atoms with Crippen LogP contribution in [-0.2, 0) is 4.79 Å². The van der Waals surface area contributed by atoms with Gasteiger partial charge in [0.2, 0.25) is 0 Å². The number of fused-ring (bicyclic) bond motifs is 1. The van der Waals surface area contributed by atoms with Crippen molar-refractivity contribution in [2.45, 2.75) is 17.9 Å². The van der Waals surface area contributed by atoms with Gasteiger partial charge in [-0.3, -0.25) is 0 Å². The molecule has 0 fully saturated rings. The summed E-state index contributed by atoms with van der Waals surface area (Å²) in [6.45, 7) is 1.92. The molecule has 0 radical (unpaired) electrons. The van der Waals surface area contributed by atoms with E-state index in [-0.39, 0.29) is 6.04 Å². The van der Waals surface area contributed by atoms with E-state index in [4.69, 9.17) is 0 Å². The van der Waals surface area contributed by atoms with E-state index >= 15 is 0 Å². The van der Waals surface area contributed by atoms with E-state index in [1.807, 2.05) is 60.4 Å². The Morgan fingerprint density at radius 1 is 1.15 bits per heavy atom. The minimum atomic E-state index is -0.338. The van der Waals surface area contributed by atoms with Gasteiger partial charge in [0, 0.05) is 16.1 Å². The predicted molar refractivity (Wildman–Crippen MR) is 84.2 cm³/mol. The normalized spacial score (nSPS) is 17.4. The zero-order valence-electron chi connectivity index (χ0n) is 11.0. The van der Waals surface area contributed by atoms with Crippen molar-refractivity contribution in [3.05, 3.63) is 54.1 Å². The molecule has 3 rings (SSSR count). The van der Waals surface area contributed by atoms with Gasteiger partial charge in [-0.05, 0) is 37.3 Å². The van der Waals surface area contributed by atoms with Crippen molar-refractivity contribution in [2.24, 2.45) is 4.99 Å². The highest BCUT2D eigenvalue weighted by Crippen LogP contribution is 2.36. The second-order valence-corrected chi connectivity index (χ2v) is 5.20. The zero-order chi connectivity index (χ0) is 14.1. The van der Waals surface area contributed by atoms with E-state index < -0.39 is 0 Å². The number of rotatable bonds is 2. The number of aldehydes is 1. The first kappa shape index (κ1) is 12.9. The average Bonchev–Trinajstić information content (AvgIpc) is 2.47. The first-order valence-electron chi connectivity index (χ1n) is 6.38. The number of amidine groups is 1. The summed E-state index contributed by atoms with van der Waals surface area (Å²) in [5.41, 5.74) is 2.74. The van der Waals surface area contributed by atoms with Crippen molar-refractivity contribution >= 4 is 36.1 Å². The Bertz CT molecular complexity index is 679. The van der Waals surface area contributed by atoms with Gasteiger partial charge >= 0.3 is 0 Å². The second-order valence-electron chi connectivity index (χ2n) is 4.69. The second kappa shape index (κ2) is 5.13. The molecule has 0 amide bonds. The van der Waals surface area contributed by atoms with E-state index in [1.165, 1.54) is 0 Å². The maximum Gasteiger partial charge on any atom is 0.147 e. The van der Waals surface area contributed by atoms with Crippen molar-refractivity contribution in [1.29, 1.82) is 0 Å². The van der Waals surface area contributed by atoms with Crippen molar-refractivity contribution in [3.8, 4) is 0 Å². The van der Waals surface area contributed by atoms with Crippen LogP contribution in [0.15, 0.2) is 58.4 Å². The van der Waals surface area contributed by atoms with Crippen LogP contribution in [0.2, 0.25) is 0 Å². The fraction of sp³-hybridized carbons (Fsp3) is 0.125. The molecule has 0 bridgehead atoms. The van der Waals surface area contributed by atoms with Crippen LogP contribution in [0.1, 0.15) is 18.5 Å². The number of aliphatic imine (C=N–C) groups is 1. The van der Waals surface area contributed by atoms with E-state index in [9.17, 15) is 4.79 Å². The van der Waals surface area contributed by atoms with Crippen molar-refractivity contribution in [3.63, 3.8) is 0 Å². The summed E-state index contributed by atoms with van der Waals surface area (Å²) in [6, 6.07) is 15.1. The third-order valence-electron chi connectivity index (χ3n) is 3.42. The van der Waals surface area contributed by atoms with Crippen LogP contribution < -0.4 is 4.90 Å². The highest BCUT2D eigenvalue weighted by Gasteiger charge is 2.28. The molecule has 1 aliphatic heterocycles. The van der Waals surface area contributed by atoms with E-state index in [0.29, 0.717) is 0 Å². The molecule has 4 heteroatoms. The summed E-state index contributed by atoms with van der Waals surface area (Å²) in [6.07, 6.45) is 0.964. The third-order valence-corrected chi connectivity index (χ3v) is 3.72. The van der Waals surface area contributed by atoms with Crippen LogP contribution in [0.3, 0.4) is 0 Å². The largest absolute Gasteiger partial charge is 0.316 e. The lowest BCUT2D eigenvalue weighted by atomic mass is 10.0. The Morgan fingerprint density at radius 3 is 2.55 bits per heavy atom. The van der Waals surface area contributed by atoms with Gasteiger partial charge in [-0.2, -0.15) is 0 Å². The third kappa shape index (κ3) is 2.12. The van der Waals surface area contributed by atoms with Gasteiger partial charge in [-0.1, -0.05) is 18.2 Å². The maximum absolute atomic E-state index is 11.6. The topological polar surface area (TPSA) is 32.7 Å². The molecule has 1 aliphatic rings. The zero-order valence-corrected chi connectivity index (χ0v) is 11.9. The predicted octanol–water partition coefficient (Wildman–Crippen LogP) is 3.79. The number of hydrogen-bond acceptors (Lipinski definition) is 4. The SMILES string of the molecule is CC1=Nc2ccccc2C(C=O)N1c1ccc(S)cc1. The molecule has 0 aromatic heterocycles. The Morgan fingerprint density at radius 2 is 1.85 bits per heavy atom. The van der Waals surface area contributed by atoms with Gasteiger partial charge in [-0.25, -0.2) is 4.99 Å². The van der Waals surface area contributed by atoms with E-state index in [1.54, 1.807) is 0 Å². The lowest BCUT2D eigenvalue weighted by Gasteiger charge is -2.34. The van der Waals surface area contributed by atoms with Gasteiger partial charge in [-0.15, -0.1) is 12.6 Å². The minimum Gasteiger partial charge on any atom is -0.316 e. The number of para-hydroxylation sites is 1. The molecule has 1 heterocycles. The Balaban J connectivity index is 2.12. The van der Waals surface area contributed by atoms with Gasteiger partial charge in [0.1, 0.15) is 18.2 Å². The summed E-state index contributed by atoms with van der Waals surface area (Å²) in [5.74, 6) is 0.813. The smallest absolute Gasteiger partial charge is 0.147 e. The van der Waals surface area contributed by atoms with Crippen LogP contribution in [0.25, 0.3) is 0 Å². The van der Waals surface area contributed by atoms with Crippen molar-refractivity contribution < 1.29 is 4.79 Å². The van der Waals surface area contributed by atoms with Gasteiger partial charge in [0.15, 0.2) is 0 Å². The molecule has 2 aromatic carbocycles. The fourth-order valence-corrected chi connectivity index (χ4v) is 2.65. The van der Waals surface area contributed by atoms with Crippen molar-refractivity contribution in [1.82, 2.24) is 0 Å². The molecular weight excluding hydrogens is 268 g/mol. The summed E-state index contributed by atoms with van der Waals surface area (Å²) in [5, 5.41) is 0. The maximum atomic E-state index is 11.6. The summed E-state index contributed by atoms with van der Waals surface area (Å²) >= 11 is 4.29. The number of hydrogen-bond donors (Lipinski definition) is 1. The quantitative estimate of drug-likeness (QED) is 0.671. The molecule has 0 spiro atoms. The van der Waals surface area contributed by atoms with E-state index in [2.05, 4.69) is 17.6 Å². The molecule has 100 valence electrons. The molecule has 1 unspecified atom stereocenters. The molecular formula is C16H14N2OS. The summed E-state index contributed by atoms with van der Waals surface area (Å²) < 4.78 is 0. The van der Waals surface area contributed by atoms with Gasteiger partial charge in [0.05, 0.1) is 5.69 Å². The Kier molecular flexibility index (Phi) is 3.32. The monoisotopic (exact) mass is 282 g/mol. The number of thiol groups is 1. The van der Waals surface area contributed by atoms with E-state index in [0.717, 1.165) is 34.0 Å². The van der Waals surface area contributed by atoms with Crippen LogP contribution >= 0.6 is 12.6 Å². The lowest BCUT2D eigenvalue weighted by molar-refractivity contribution is -0.108. The Hall–Kier alpha value is -2.07. The number of anilines is 1. The highest BCUT2D eigenvalue weighted by molar-refractivity contribution is 7.80. The fourth-order valence-electron chi connectivity index (χ4n) is 2.50. The number of carbonyl (C=O) groups is 1. The van der Waals surface area contributed by atoms with Crippen LogP contribution in [0.4, 0.5) is 11.4 Å². The molecule has 0 aliphatic carbocycles. The van der Waals surface area contributed by atoms with Gasteiger partial charge in [0.25, 0.3) is 0 Å². The minimum absolute atomic E-state index is 0.338. The van der Waals surface area contributed by atoms with Crippen molar-refractivity contribution in [2.75, 3.05) is 4.90 Å². The standard InChI is InChI=1S/C16H14N2OS/c1-11-17-15-5-3-2-4-14(15)16(10-19)18(11)12-6-8-13(20)9-7-12/h2-10,16,20H,1H3. The molecule has 2 aromatic rings. The number of nitrogens with zero attached hydrogens (tertiary/aromatic N) is 2. The number of carbonyl (C=O) groups excluding carboxylic acids is 1. The lowest BCUT2D eigenvalue weighted by Crippen LogP contribution is -2.36. The molecule has 1 atom stereocenters. The molecule has 0 saturated heterocycles. The molecule has 0 N–H and O–H groups in total. The van der Waals surface area contributed by atoms with Crippen LogP contribution in [-0.4, -0.2) is 12.1 Å².